The van der Waals surface area contributed by atoms with E-state index >= 15 is 0 Å². The van der Waals surface area contributed by atoms with E-state index in [0.717, 1.165) is 44.8 Å². The Bertz CT molecular complexity index is 1050. The van der Waals surface area contributed by atoms with E-state index < -0.39 is 0 Å². The molecule has 0 radical (unpaired) electrons. The minimum absolute atomic E-state index is 0.00156. The largest absolute Gasteiger partial charge is 0.494 e. The van der Waals surface area contributed by atoms with Crippen LogP contribution in [0.4, 0.5) is 0 Å². The van der Waals surface area contributed by atoms with E-state index in [-0.39, 0.29) is 5.56 Å². The molecule has 28 heavy (non-hydrogen) atoms. The van der Waals surface area contributed by atoms with Crippen molar-refractivity contribution in [1.82, 2.24) is 9.55 Å². The summed E-state index contributed by atoms with van der Waals surface area (Å²) in [7, 11) is 0. The number of hydrogen-bond donors (Lipinski definition) is 0. The molecular formula is C21H19ClN2O2S2. The number of nitrogens with zero attached hydrogens (tertiary/aromatic N) is 2. The number of ether oxygens (including phenoxy) is 1. The first kappa shape index (κ1) is 19.4. The van der Waals surface area contributed by atoms with Crippen LogP contribution in [0, 0.1) is 0 Å². The van der Waals surface area contributed by atoms with Crippen LogP contribution < -0.4 is 10.3 Å². The molecule has 0 bridgehead atoms. The fraction of sp³-hybridized carbons (Fsp3) is 0.238. The van der Waals surface area contributed by atoms with Gasteiger partial charge in [0.05, 0.1) is 22.9 Å². The maximum absolute atomic E-state index is 13.2. The molecule has 1 aliphatic rings. The molecule has 2 aromatic carbocycles. The molecule has 7 heteroatoms. The van der Waals surface area contributed by atoms with Gasteiger partial charge in [0.15, 0.2) is 5.16 Å². The first-order chi connectivity index (χ1) is 13.7. The van der Waals surface area contributed by atoms with Gasteiger partial charge in [-0.3, -0.25) is 9.36 Å². The number of fused-ring (bicyclic) bond motifs is 1. The third kappa shape index (κ3) is 3.95. The van der Waals surface area contributed by atoms with Gasteiger partial charge in [-0.1, -0.05) is 41.6 Å². The number of hydrogen-bond acceptors (Lipinski definition) is 5. The average Bonchev–Trinajstić information content (AvgIpc) is 3.18. The third-order valence-corrected chi connectivity index (χ3v) is 6.85. The Morgan fingerprint density at radius 2 is 2.00 bits per heavy atom. The van der Waals surface area contributed by atoms with Crippen molar-refractivity contribution in [3.63, 3.8) is 0 Å². The lowest BCUT2D eigenvalue weighted by Gasteiger charge is -2.14. The van der Waals surface area contributed by atoms with Crippen LogP contribution in [0.1, 0.15) is 18.2 Å². The highest BCUT2D eigenvalue weighted by atomic mass is 35.5. The zero-order valence-corrected chi connectivity index (χ0v) is 17.7. The topological polar surface area (TPSA) is 44.1 Å². The fourth-order valence-electron chi connectivity index (χ4n) is 3.03. The summed E-state index contributed by atoms with van der Waals surface area (Å²) >= 11 is 9.42. The zero-order chi connectivity index (χ0) is 19.5. The molecule has 4 rings (SSSR count). The molecule has 1 aliphatic heterocycles. The van der Waals surface area contributed by atoms with Gasteiger partial charge in [-0.2, -0.15) is 0 Å². The smallest absolute Gasteiger partial charge is 0.272 e. The first-order valence-electron chi connectivity index (χ1n) is 9.05. The summed E-state index contributed by atoms with van der Waals surface area (Å²) in [4.78, 5) is 18.8. The van der Waals surface area contributed by atoms with Crippen LogP contribution in [0.2, 0.25) is 5.02 Å². The molecule has 4 nitrogen and oxygen atoms in total. The van der Waals surface area contributed by atoms with E-state index in [1.54, 1.807) is 16.3 Å². The van der Waals surface area contributed by atoms with Crippen LogP contribution >= 0.6 is 35.1 Å². The minimum atomic E-state index is -0.00156. The van der Waals surface area contributed by atoms with Crippen LogP contribution in [0.25, 0.3) is 5.69 Å². The number of halogens is 1. The van der Waals surface area contributed by atoms with E-state index in [1.807, 2.05) is 55.5 Å². The summed E-state index contributed by atoms with van der Waals surface area (Å²) in [5.41, 5.74) is 2.71. The summed E-state index contributed by atoms with van der Waals surface area (Å²) < 4.78 is 7.23. The van der Waals surface area contributed by atoms with Crippen LogP contribution in [0.15, 0.2) is 63.4 Å². The van der Waals surface area contributed by atoms with Gasteiger partial charge in [-0.15, -0.1) is 11.8 Å². The predicted molar refractivity (Wildman–Crippen MR) is 116 cm³/mol. The molecule has 0 saturated heterocycles. The molecule has 0 spiro atoms. The molecule has 1 aromatic heterocycles. The van der Waals surface area contributed by atoms with Gasteiger partial charge >= 0.3 is 0 Å². The third-order valence-electron chi connectivity index (χ3n) is 4.39. The second-order valence-electron chi connectivity index (χ2n) is 6.22. The quantitative estimate of drug-likeness (QED) is 0.396. The maximum Gasteiger partial charge on any atom is 0.272 e. The van der Waals surface area contributed by atoms with Crippen LogP contribution in [-0.4, -0.2) is 21.9 Å². The van der Waals surface area contributed by atoms with Gasteiger partial charge in [0, 0.05) is 22.9 Å². The van der Waals surface area contributed by atoms with Crippen molar-refractivity contribution in [1.29, 1.82) is 0 Å². The number of thioether (sulfide) groups is 2. The van der Waals surface area contributed by atoms with Crippen LogP contribution in [0.5, 0.6) is 5.75 Å². The Morgan fingerprint density at radius 1 is 1.21 bits per heavy atom. The van der Waals surface area contributed by atoms with Crippen molar-refractivity contribution in [3.05, 3.63) is 75.2 Å². The second kappa shape index (κ2) is 8.64. The molecule has 3 aromatic rings. The van der Waals surface area contributed by atoms with E-state index in [1.165, 1.54) is 11.8 Å². The summed E-state index contributed by atoms with van der Waals surface area (Å²) in [5.74, 6) is 2.34. The molecule has 0 fully saturated rings. The predicted octanol–water partition coefficient (Wildman–Crippen LogP) is 5.23. The highest BCUT2D eigenvalue weighted by Gasteiger charge is 2.22. The Kier molecular flexibility index (Phi) is 5.99. The van der Waals surface area contributed by atoms with E-state index in [2.05, 4.69) is 0 Å². The molecule has 0 saturated carbocycles. The second-order valence-corrected chi connectivity index (χ2v) is 8.67. The van der Waals surface area contributed by atoms with Gasteiger partial charge in [-0.05, 0) is 42.8 Å². The number of aryl methyl sites for hydroxylation is 1. The van der Waals surface area contributed by atoms with Crippen LogP contribution in [0.3, 0.4) is 0 Å². The summed E-state index contributed by atoms with van der Waals surface area (Å²) in [5, 5.41) is 1.41. The summed E-state index contributed by atoms with van der Waals surface area (Å²) in [6.07, 6.45) is 0.832. The van der Waals surface area contributed by atoms with Crippen molar-refractivity contribution in [2.24, 2.45) is 0 Å². The van der Waals surface area contributed by atoms with Crippen molar-refractivity contribution >= 4 is 35.1 Å². The lowest BCUT2D eigenvalue weighted by Crippen LogP contribution is -2.23. The Balaban J connectivity index is 1.73. The molecule has 144 valence electrons. The molecule has 0 aliphatic carbocycles. The summed E-state index contributed by atoms with van der Waals surface area (Å²) in [6.45, 7) is 2.55. The van der Waals surface area contributed by atoms with Crippen molar-refractivity contribution in [2.45, 2.75) is 29.1 Å². The number of rotatable bonds is 6. The van der Waals surface area contributed by atoms with Gasteiger partial charge in [0.25, 0.3) is 5.56 Å². The molecule has 0 atom stereocenters. The van der Waals surface area contributed by atoms with Gasteiger partial charge in [0.2, 0.25) is 0 Å². The molecular weight excluding hydrogens is 412 g/mol. The minimum Gasteiger partial charge on any atom is -0.494 e. The lowest BCUT2D eigenvalue weighted by atomic mass is 10.2. The first-order valence-corrected chi connectivity index (χ1v) is 11.4. The zero-order valence-electron chi connectivity index (χ0n) is 15.4. The standard InChI is InChI=1S/C21H19ClN2O2S2/c1-2-26-16-9-7-15(8-10-16)24-20(25)19-18(11-12-27-19)23-21(24)28-13-14-5-3-4-6-17(14)22/h3-10H,2,11-13H2,1H3. The SMILES string of the molecule is CCOc1ccc(-n2c(SCc3ccccc3Cl)nc3c(c2=O)SCC3)cc1. The molecule has 0 unspecified atom stereocenters. The molecule has 0 N–H and O–H groups in total. The van der Waals surface area contributed by atoms with Gasteiger partial charge in [0.1, 0.15) is 5.75 Å². The maximum atomic E-state index is 13.2. The summed E-state index contributed by atoms with van der Waals surface area (Å²) in [6, 6.07) is 15.3. The highest BCUT2D eigenvalue weighted by molar-refractivity contribution is 7.99. The normalized spacial score (nSPS) is 12.8. The van der Waals surface area contributed by atoms with Crippen molar-refractivity contribution in [2.75, 3.05) is 12.4 Å². The number of benzene rings is 2. The van der Waals surface area contributed by atoms with Crippen LogP contribution in [-0.2, 0) is 12.2 Å². The lowest BCUT2D eigenvalue weighted by molar-refractivity contribution is 0.340. The monoisotopic (exact) mass is 430 g/mol. The van der Waals surface area contributed by atoms with Crippen molar-refractivity contribution < 1.29 is 4.74 Å². The Hall–Kier alpha value is -1.89. The number of aromatic nitrogens is 2. The fourth-order valence-corrected chi connectivity index (χ4v) is 5.37. The molecule has 2 heterocycles. The van der Waals surface area contributed by atoms with Gasteiger partial charge in [-0.25, -0.2) is 4.98 Å². The van der Waals surface area contributed by atoms with E-state index in [0.29, 0.717) is 17.5 Å². The van der Waals surface area contributed by atoms with Crippen molar-refractivity contribution in [3.8, 4) is 11.4 Å². The highest BCUT2D eigenvalue weighted by Crippen LogP contribution is 2.32. The average molecular weight is 431 g/mol. The molecule has 0 amide bonds. The van der Waals surface area contributed by atoms with E-state index in [4.69, 9.17) is 21.3 Å². The Morgan fingerprint density at radius 3 is 2.75 bits per heavy atom. The van der Waals surface area contributed by atoms with E-state index in [9.17, 15) is 4.79 Å². The van der Waals surface area contributed by atoms with Gasteiger partial charge < -0.3 is 4.74 Å². The Labute approximate surface area is 177 Å².